The number of primary amides is 1. The summed E-state index contributed by atoms with van der Waals surface area (Å²) in [5, 5.41) is 14.8. The number of carbonyl (C=O) groups is 1. The van der Waals surface area contributed by atoms with Gasteiger partial charge in [-0.15, -0.1) is 0 Å². The van der Waals surface area contributed by atoms with E-state index in [2.05, 4.69) is 15.1 Å². The highest BCUT2D eigenvalue weighted by Gasteiger charge is 2.28. The molecule has 0 aliphatic heterocycles. The molecule has 1 fully saturated rings. The predicted octanol–water partition coefficient (Wildman–Crippen LogP) is 1.85. The van der Waals surface area contributed by atoms with E-state index in [1.807, 2.05) is 16.9 Å². The largest absolute Gasteiger partial charge is 0.376 e. The second-order valence-electron chi connectivity index (χ2n) is 6.88. The highest BCUT2D eigenvalue weighted by Crippen LogP contribution is 2.36. The summed E-state index contributed by atoms with van der Waals surface area (Å²) in [6, 6.07) is 1.87. The Hall–Kier alpha value is -2.74. The summed E-state index contributed by atoms with van der Waals surface area (Å²) >= 11 is 0. The average Bonchev–Trinajstić information content (AvgIpc) is 3.39. The van der Waals surface area contributed by atoms with Crippen LogP contribution in [-0.4, -0.2) is 35.3 Å². The summed E-state index contributed by atoms with van der Waals surface area (Å²) in [6.45, 7) is -0.137. The first-order valence-corrected chi connectivity index (χ1v) is 8.91. The van der Waals surface area contributed by atoms with Crippen molar-refractivity contribution >= 4 is 16.9 Å². The minimum absolute atomic E-state index is 0.0110. The van der Waals surface area contributed by atoms with Crippen molar-refractivity contribution in [3.63, 3.8) is 0 Å². The molecule has 3 aromatic heterocycles. The fourth-order valence-electron chi connectivity index (χ4n) is 4.01. The van der Waals surface area contributed by atoms with Gasteiger partial charge in [-0.2, -0.15) is 5.10 Å². The van der Waals surface area contributed by atoms with Crippen LogP contribution in [0.4, 0.5) is 0 Å². The lowest BCUT2D eigenvalue weighted by Crippen LogP contribution is -2.24. The lowest BCUT2D eigenvalue weighted by molar-refractivity contribution is -0.119. The zero-order valence-corrected chi connectivity index (χ0v) is 14.5. The molecule has 0 aromatic carbocycles. The molecule has 26 heavy (non-hydrogen) atoms. The highest BCUT2D eigenvalue weighted by molar-refractivity contribution is 5.90. The Labute approximate surface area is 150 Å². The van der Waals surface area contributed by atoms with Crippen LogP contribution in [0.15, 0.2) is 31.0 Å². The van der Waals surface area contributed by atoms with Gasteiger partial charge >= 0.3 is 0 Å². The van der Waals surface area contributed by atoms with E-state index in [4.69, 9.17) is 5.73 Å². The third kappa shape index (κ3) is 2.96. The van der Waals surface area contributed by atoms with Crippen molar-refractivity contribution in [3.8, 4) is 11.3 Å². The van der Waals surface area contributed by atoms with Crippen LogP contribution in [0, 0.1) is 5.92 Å². The number of hydrogen-bond donors (Lipinski definition) is 2. The zero-order chi connectivity index (χ0) is 18.1. The first-order chi connectivity index (χ1) is 12.7. The molecule has 3 N–H and O–H groups in total. The number of fused-ring (bicyclic) bond motifs is 1. The molecule has 136 valence electrons. The number of hydrogen-bond acceptors (Lipinski definition) is 5. The van der Waals surface area contributed by atoms with Gasteiger partial charge in [-0.3, -0.25) is 9.48 Å². The molecule has 3 aromatic rings. The molecule has 0 radical (unpaired) electrons. The molecule has 8 heteroatoms. The van der Waals surface area contributed by atoms with Gasteiger partial charge in [0, 0.05) is 29.8 Å². The van der Waals surface area contributed by atoms with Crippen LogP contribution in [0.25, 0.3) is 22.3 Å². The number of rotatable bonds is 6. The Morgan fingerprint density at radius 2 is 2.15 bits per heavy atom. The second kappa shape index (κ2) is 6.87. The molecule has 1 amide bonds. The molecule has 3 heterocycles. The molecule has 1 aliphatic carbocycles. The summed E-state index contributed by atoms with van der Waals surface area (Å²) in [4.78, 5) is 20.2. The topological polar surface area (TPSA) is 112 Å². The molecule has 1 atom stereocenters. The quantitative estimate of drug-likeness (QED) is 0.701. The molecule has 0 bridgehead atoms. The molecule has 1 aliphatic rings. The van der Waals surface area contributed by atoms with E-state index < -0.39 is 0 Å². The van der Waals surface area contributed by atoms with Crippen molar-refractivity contribution < 1.29 is 9.90 Å². The Morgan fingerprint density at radius 3 is 2.88 bits per heavy atom. The standard InChI is InChI=1S/C18H22N6O2/c19-16(26)7-15(12-3-1-2-4-12)24-9-13(8-22-24)17-14-5-6-23(11-25)18(14)21-10-20-17/h5-6,8-10,12,15,25H,1-4,7,11H2,(H2,19,26). The van der Waals surface area contributed by atoms with E-state index in [-0.39, 0.29) is 18.7 Å². The fraction of sp³-hybridized carbons (Fsp3) is 0.444. The Balaban J connectivity index is 1.71. The fourth-order valence-corrected chi connectivity index (χ4v) is 4.01. The maximum atomic E-state index is 11.6. The smallest absolute Gasteiger partial charge is 0.219 e. The molecule has 0 saturated heterocycles. The first kappa shape index (κ1) is 16.7. The number of nitrogens with zero attached hydrogens (tertiary/aromatic N) is 5. The second-order valence-corrected chi connectivity index (χ2v) is 6.88. The van der Waals surface area contributed by atoms with Gasteiger partial charge in [-0.05, 0) is 24.8 Å². The van der Waals surface area contributed by atoms with Crippen molar-refractivity contribution in [2.24, 2.45) is 11.7 Å². The van der Waals surface area contributed by atoms with Gasteiger partial charge in [0.05, 0.1) is 17.9 Å². The van der Waals surface area contributed by atoms with E-state index in [1.54, 1.807) is 17.0 Å². The van der Waals surface area contributed by atoms with Crippen LogP contribution in [0.3, 0.4) is 0 Å². The molecular weight excluding hydrogens is 332 g/mol. The van der Waals surface area contributed by atoms with Gasteiger partial charge in [0.1, 0.15) is 18.7 Å². The van der Waals surface area contributed by atoms with Gasteiger partial charge < -0.3 is 15.4 Å². The number of amides is 1. The van der Waals surface area contributed by atoms with Crippen molar-refractivity contribution in [1.29, 1.82) is 0 Å². The van der Waals surface area contributed by atoms with Crippen LogP contribution in [0.2, 0.25) is 0 Å². The molecule has 0 spiro atoms. The maximum absolute atomic E-state index is 11.6. The van der Waals surface area contributed by atoms with Crippen LogP contribution in [0.5, 0.6) is 0 Å². The third-order valence-corrected chi connectivity index (χ3v) is 5.28. The lowest BCUT2D eigenvalue weighted by atomic mass is 9.95. The minimum atomic E-state index is -0.302. The van der Waals surface area contributed by atoms with E-state index in [9.17, 15) is 9.90 Å². The number of nitrogens with two attached hydrogens (primary N) is 1. The zero-order valence-electron chi connectivity index (χ0n) is 14.5. The normalized spacial score (nSPS) is 16.3. The van der Waals surface area contributed by atoms with Gasteiger partial charge in [-0.25, -0.2) is 9.97 Å². The molecule has 1 saturated carbocycles. The van der Waals surface area contributed by atoms with Gasteiger partial charge in [0.2, 0.25) is 5.91 Å². The summed E-state index contributed by atoms with van der Waals surface area (Å²) < 4.78 is 3.52. The van der Waals surface area contributed by atoms with E-state index in [0.717, 1.165) is 29.5 Å². The average molecular weight is 354 g/mol. The summed E-state index contributed by atoms with van der Waals surface area (Å²) in [7, 11) is 0. The summed E-state index contributed by atoms with van der Waals surface area (Å²) in [6.07, 6.45) is 11.8. The minimum Gasteiger partial charge on any atom is -0.376 e. The Bertz CT molecular complexity index is 925. The number of carbonyl (C=O) groups excluding carboxylic acids is 1. The summed E-state index contributed by atoms with van der Waals surface area (Å²) in [5.74, 6) is 0.125. The Kier molecular flexibility index (Phi) is 4.42. The first-order valence-electron chi connectivity index (χ1n) is 8.91. The lowest BCUT2D eigenvalue weighted by Gasteiger charge is -2.22. The van der Waals surface area contributed by atoms with E-state index in [0.29, 0.717) is 18.0 Å². The van der Waals surface area contributed by atoms with Crippen LogP contribution in [-0.2, 0) is 11.5 Å². The predicted molar refractivity (Wildman–Crippen MR) is 95.8 cm³/mol. The van der Waals surface area contributed by atoms with Crippen LogP contribution < -0.4 is 5.73 Å². The molecular formula is C18H22N6O2. The monoisotopic (exact) mass is 354 g/mol. The van der Waals surface area contributed by atoms with Crippen LogP contribution >= 0.6 is 0 Å². The van der Waals surface area contributed by atoms with Gasteiger partial charge in [0.15, 0.2) is 0 Å². The summed E-state index contributed by atoms with van der Waals surface area (Å²) in [5.41, 5.74) is 7.78. The number of aliphatic hydroxyl groups excluding tert-OH is 1. The SMILES string of the molecule is NC(=O)CC(C1CCCC1)n1cc(-c2ncnc3c2ccn3CO)cn1. The molecule has 8 nitrogen and oxygen atoms in total. The third-order valence-electron chi connectivity index (χ3n) is 5.28. The number of aliphatic hydroxyl groups is 1. The van der Waals surface area contributed by atoms with Crippen molar-refractivity contribution in [3.05, 3.63) is 31.0 Å². The van der Waals surface area contributed by atoms with Gasteiger partial charge in [-0.1, -0.05) is 12.8 Å². The molecule has 4 rings (SSSR count). The molecule has 1 unspecified atom stereocenters. The highest BCUT2D eigenvalue weighted by atomic mass is 16.3. The Morgan fingerprint density at radius 1 is 1.35 bits per heavy atom. The van der Waals surface area contributed by atoms with Crippen molar-refractivity contribution in [2.45, 2.75) is 44.9 Å². The maximum Gasteiger partial charge on any atom is 0.219 e. The van der Waals surface area contributed by atoms with Crippen LogP contribution in [0.1, 0.15) is 38.1 Å². The number of aromatic nitrogens is 5. The van der Waals surface area contributed by atoms with E-state index in [1.165, 1.54) is 19.2 Å². The van der Waals surface area contributed by atoms with Crippen molar-refractivity contribution in [2.75, 3.05) is 0 Å². The van der Waals surface area contributed by atoms with Crippen molar-refractivity contribution in [1.82, 2.24) is 24.3 Å². The van der Waals surface area contributed by atoms with E-state index >= 15 is 0 Å². The van der Waals surface area contributed by atoms with Gasteiger partial charge in [0.25, 0.3) is 0 Å².